The van der Waals surface area contributed by atoms with Gasteiger partial charge in [-0.1, -0.05) is 19.3 Å². The molecule has 0 radical (unpaired) electrons. The van der Waals surface area contributed by atoms with E-state index in [2.05, 4.69) is 16.9 Å². The Kier molecular flexibility index (Phi) is 4.73. The molecule has 2 heterocycles. The first-order valence-corrected chi connectivity index (χ1v) is 8.20. The van der Waals surface area contributed by atoms with E-state index in [-0.39, 0.29) is 6.04 Å². The molecule has 20 heavy (non-hydrogen) atoms. The summed E-state index contributed by atoms with van der Waals surface area (Å²) in [6.07, 6.45) is 12.0. The van der Waals surface area contributed by atoms with Crippen LogP contribution in [0.15, 0.2) is 12.3 Å². The monoisotopic (exact) mass is 277 g/mol. The average Bonchev–Trinajstić information content (AvgIpc) is 2.97. The third-order valence-electron chi connectivity index (χ3n) is 4.86. The summed E-state index contributed by atoms with van der Waals surface area (Å²) < 4.78 is 7.71. The third kappa shape index (κ3) is 3.41. The van der Waals surface area contributed by atoms with E-state index >= 15 is 0 Å². The Morgan fingerprint density at radius 3 is 2.85 bits per heavy atom. The molecule has 2 N–H and O–H groups in total. The summed E-state index contributed by atoms with van der Waals surface area (Å²) in [7, 11) is 0. The van der Waals surface area contributed by atoms with Crippen LogP contribution in [0.25, 0.3) is 0 Å². The highest BCUT2D eigenvalue weighted by Gasteiger charge is 2.22. The van der Waals surface area contributed by atoms with Crippen molar-refractivity contribution in [1.82, 2.24) is 9.78 Å². The fourth-order valence-corrected chi connectivity index (χ4v) is 3.55. The van der Waals surface area contributed by atoms with Crippen LogP contribution in [0.3, 0.4) is 0 Å². The molecule has 1 aromatic rings. The molecule has 3 rings (SSSR count). The summed E-state index contributed by atoms with van der Waals surface area (Å²) in [6.45, 7) is 1.73. The molecular formula is C16H27N3O. The number of hydrogen-bond donors (Lipinski definition) is 1. The van der Waals surface area contributed by atoms with Crippen LogP contribution >= 0.6 is 0 Å². The molecular weight excluding hydrogens is 250 g/mol. The standard InChI is InChI=1S/C16H27N3O/c17-16(13-5-4-10-20-12-13)11-14-8-9-19(18-14)15-6-2-1-3-7-15/h8-9,13,15-16H,1-7,10-12,17H2. The number of aromatic nitrogens is 2. The fraction of sp³-hybridized carbons (Fsp3) is 0.812. The Hall–Kier alpha value is -0.870. The van der Waals surface area contributed by atoms with Gasteiger partial charge in [-0.2, -0.15) is 5.10 Å². The molecule has 4 nitrogen and oxygen atoms in total. The van der Waals surface area contributed by atoms with Crippen LogP contribution in [0, 0.1) is 5.92 Å². The van der Waals surface area contributed by atoms with E-state index in [1.165, 1.54) is 38.5 Å². The Balaban J connectivity index is 1.56. The number of hydrogen-bond acceptors (Lipinski definition) is 3. The second-order valence-electron chi connectivity index (χ2n) is 6.42. The molecule has 2 fully saturated rings. The summed E-state index contributed by atoms with van der Waals surface area (Å²) in [6, 6.07) is 2.95. The molecule has 0 aromatic carbocycles. The van der Waals surface area contributed by atoms with E-state index in [0.717, 1.165) is 31.7 Å². The molecule has 1 saturated heterocycles. The van der Waals surface area contributed by atoms with Crippen molar-refractivity contribution in [2.24, 2.45) is 11.7 Å². The lowest BCUT2D eigenvalue weighted by Gasteiger charge is -2.27. The van der Waals surface area contributed by atoms with Gasteiger partial charge in [0.15, 0.2) is 0 Å². The van der Waals surface area contributed by atoms with Crippen molar-refractivity contribution in [1.29, 1.82) is 0 Å². The van der Waals surface area contributed by atoms with Crippen molar-refractivity contribution in [3.63, 3.8) is 0 Å². The summed E-state index contributed by atoms with van der Waals surface area (Å²) >= 11 is 0. The van der Waals surface area contributed by atoms with Crippen molar-refractivity contribution < 1.29 is 4.74 Å². The van der Waals surface area contributed by atoms with Crippen LogP contribution in [0.1, 0.15) is 56.7 Å². The highest BCUT2D eigenvalue weighted by atomic mass is 16.5. The second-order valence-corrected chi connectivity index (χ2v) is 6.42. The van der Waals surface area contributed by atoms with Crippen molar-refractivity contribution in [2.75, 3.05) is 13.2 Å². The minimum absolute atomic E-state index is 0.185. The molecule has 0 spiro atoms. The van der Waals surface area contributed by atoms with Gasteiger partial charge >= 0.3 is 0 Å². The normalized spacial score (nSPS) is 26.6. The van der Waals surface area contributed by atoms with E-state index in [0.29, 0.717) is 12.0 Å². The van der Waals surface area contributed by atoms with Crippen LogP contribution in [0.5, 0.6) is 0 Å². The van der Waals surface area contributed by atoms with Gasteiger partial charge < -0.3 is 10.5 Å². The first kappa shape index (κ1) is 14.1. The molecule has 1 aliphatic carbocycles. The van der Waals surface area contributed by atoms with Crippen LogP contribution in [0.4, 0.5) is 0 Å². The van der Waals surface area contributed by atoms with Gasteiger partial charge in [0.05, 0.1) is 18.3 Å². The van der Waals surface area contributed by atoms with Crippen LogP contribution < -0.4 is 5.73 Å². The predicted octanol–water partition coefficient (Wildman–Crippen LogP) is 2.68. The van der Waals surface area contributed by atoms with Crippen molar-refractivity contribution in [2.45, 2.75) is 63.5 Å². The van der Waals surface area contributed by atoms with Crippen LogP contribution in [0.2, 0.25) is 0 Å². The largest absolute Gasteiger partial charge is 0.381 e. The van der Waals surface area contributed by atoms with Gasteiger partial charge in [0.1, 0.15) is 0 Å². The quantitative estimate of drug-likeness (QED) is 0.920. The van der Waals surface area contributed by atoms with Crippen LogP contribution in [-0.4, -0.2) is 29.0 Å². The average molecular weight is 277 g/mol. The zero-order chi connectivity index (χ0) is 13.8. The van der Waals surface area contributed by atoms with Gasteiger partial charge in [-0.3, -0.25) is 4.68 Å². The minimum atomic E-state index is 0.185. The zero-order valence-corrected chi connectivity index (χ0v) is 12.3. The lowest BCUT2D eigenvalue weighted by molar-refractivity contribution is 0.0448. The minimum Gasteiger partial charge on any atom is -0.381 e. The molecule has 0 amide bonds. The van der Waals surface area contributed by atoms with Crippen LogP contribution in [-0.2, 0) is 11.2 Å². The lowest BCUT2D eigenvalue weighted by Crippen LogP contribution is -2.37. The van der Waals surface area contributed by atoms with Crippen molar-refractivity contribution in [3.8, 4) is 0 Å². The lowest BCUT2D eigenvalue weighted by atomic mass is 9.91. The van der Waals surface area contributed by atoms with Gasteiger partial charge in [0.2, 0.25) is 0 Å². The maximum atomic E-state index is 6.34. The summed E-state index contributed by atoms with van der Waals surface area (Å²) in [4.78, 5) is 0. The summed E-state index contributed by atoms with van der Waals surface area (Å²) in [5, 5.41) is 4.76. The molecule has 1 aromatic heterocycles. The zero-order valence-electron chi connectivity index (χ0n) is 12.3. The molecule has 112 valence electrons. The first-order valence-electron chi connectivity index (χ1n) is 8.20. The summed E-state index contributed by atoms with van der Waals surface area (Å²) in [5.41, 5.74) is 7.49. The van der Waals surface area contributed by atoms with E-state index in [4.69, 9.17) is 15.6 Å². The fourth-order valence-electron chi connectivity index (χ4n) is 3.55. The van der Waals surface area contributed by atoms with Crippen molar-refractivity contribution in [3.05, 3.63) is 18.0 Å². The smallest absolute Gasteiger partial charge is 0.0640 e. The third-order valence-corrected chi connectivity index (χ3v) is 4.86. The highest BCUT2D eigenvalue weighted by molar-refractivity contribution is 5.03. The number of ether oxygens (including phenoxy) is 1. The molecule has 2 atom stereocenters. The van der Waals surface area contributed by atoms with Gasteiger partial charge in [-0.15, -0.1) is 0 Å². The highest BCUT2D eigenvalue weighted by Crippen LogP contribution is 2.27. The molecule has 2 unspecified atom stereocenters. The topological polar surface area (TPSA) is 53.1 Å². The Bertz CT molecular complexity index is 406. The Morgan fingerprint density at radius 1 is 1.25 bits per heavy atom. The predicted molar refractivity (Wildman–Crippen MR) is 79.6 cm³/mol. The van der Waals surface area contributed by atoms with E-state index in [1.807, 2.05) is 0 Å². The number of nitrogens with two attached hydrogens (primary N) is 1. The van der Waals surface area contributed by atoms with E-state index in [9.17, 15) is 0 Å². The maximum absolute atomic E-state index is 6.34. The SMILES string of the molecule is NC(Cc1ccn(C2CCCCC2)n1)C1CCCOC1. The maximum Gasteiger partial charge on any atom is 0.0640 e. The molecule has 0 bridgehead atoms. The molecule has 2 aliphatic rings. The number of nitrogens with zero attached hydrogens (tertiary/aromatic N) is 2. The molecule has 4 heteroatoms. The van der Waals surface area contributed by atoms with Gasteiger partial charge in [-0.05, 0) is 37.7 Å². The molecule has 1 aliphatic heterocycles. The van der Waals surface area contributed by atoms with E-state index in [1.54, 1.807) is 0 Å². The van der Waals surface area contributed by atoms with Gasteiger partial charge in [0.25, 0.3) is 0 Å². The number of rotatable bonds is 4. The van der Waals surface area contributed by atoms with Gasteiger partial charge in [0, 0.05) is 25.3 Å². The second kappa shape index (κ2) is 6.72. The molecule has 1 saturated carbocycles. The van der Waals surface area contributed by atoms with E-state index < -0.39 is 0 Å². The summed E-state index contributed by atoms with van der Waals surface area (Å²) in [5.74, 6) is 0.503. The Labute approximate surface area is 121 Å². The Morgan fingerprint density at radius 2 is 2.10 bits per heavy atom. The first-order chi connectivity index (χ1) is 9.83. The van der Waals surface area contributed by atoms with Crippen molar-refractivity contribution >= 4 is 0 Å². The van der Waals surface area contributed by atoms with Gasteiger partial charge in [-0.25, -0.2) is 0 Å².